The summed E-state index contributed by atoms with van der Waals surface area (Å²) in [5.41, 5.74) is 0. The molecular formula is C13H26N2O4. The van der Waals surface area contributed by atoms with E-state index in [0.717, 1.165) is 0 Å². The lowest BCUT2D eigenvalue weighted by Gasteiger charge is -2.27. The number of aliphatic carboxylic acids is 1. The van der Waals surface area contributed by atoms with Crippen LogP contribution in [-0.4, -0.2) is 54.9 Å². The normalized spacial score (nSPS) is 12.6. The van der Waals surface area contributed by atoms with Gasteiger partial charge in [0.25, 0.3) is 0 Å². The number of ether oxygens (including phenoxy) is 1. The molecule has 0 saturated heterocycles. The van der Waals surface area contributed by atoms with E-state index in [4.69, 9.17) is 9.84 Å². The van der Waals surface area contributed by atoms with Crippen molar-refractivity contribution >= 4 is 12.0 Å². The highest BCUT2D eigenvalue weighted by atomic mass is 16.5. The van der Waals surface area contributed by atoms with E-state index in [1.807, 2.05) is 13.8 Å². The van der Waals surface area contributed by atoms with Gasteiger partial charge in [-0.3, -0.25) is 0 Å². The van der Waals surface area contributed by atoms with E-state index < -0.39 is 12.0 Å². The number of carboxylic acids is 1. The molecule has 0 rings (SSSR count). The van der Waals surface area contributed by atoms with Crippen molar-refractivity contribution < 1.29 is 19.4 Å². The molecule has 6 nitrogen and oxygen atoms in total. The number of carboxylic acid groups (broad SMARTS) is 1. The maximum absolute atomic E-state index is 12.1. The Morgan fingerprint density at radius 1 is 1.26 bits per heavy atom. The minimum atomic E-state index is -1.01. The fourth-order valence-corrected chi connectivity index (χ4v) is 1.66. The van der Waals surface area contributed by atoms with Gasteiger partial charge in [0.2, 0.25) is 0 Å². The van der Waals surface area contributed by atoms with Crippen LogP contribution < -0.4 is 5.32 Å². The Balaban J connectivity index is 4.64. The molecule has 112 valence electrons. The molecule has 0 bridgehead atoms. The van der Waals surface area contributed by atoms with Crippen LogP contribution in [0.1, 0.15) is 27.7 Å². The molecule has 6 heteroatoms. The van der Waals surface area contributed by atoms with Crippen molar-refractivity contribution in [2.75, 3.05) is 26.8 Å². The smallest absolute Gasteiger partial charge is 0.326 e. The number of nitrogens with zero attached hydrogens (tertiary/aromatic N) is 1. The molecule has 0 heterocycles. The van der Waals surface area contributed by atoms with Crippen LogP contribution in [0.4, 0.5) is 4.79 Å². The Bertz CT molecular complexity index is 292. The Hall–Kier alpha value is -1.30. The van der Waals surface area contributed by atoms with Crippen LogP contribution >= 0.6 is 0 Å². The van der Waals surface area contributed by atoms with E-state index in [1.165, 1.54) is 0 Å². The molecule has 2 amide bonds. The predicted octanol–water partition coefficient (Wildman–Crippen LogP) is 1.41. The number of hydrogen-bond acceptors (Lipinski definition) is 3. The van der Waals surface area contributed by atoms with Crippen LogP contribution in [0.5, 0.6) is 0 Å². The van der Waals surface area contributed by atoms with Crippen molar-refractivity contribution in [2.24, 2.45) is 11.8 Å². The van der Waals surface area contributed by atoms with Gasteiger partial charge < -0.3 is 20.1 Å². The molecule has 0 saturated carbocycles. The van der Waals surface area contributed by atoms with Gasteiger partial charge in [-0.1, -0.05) is 27.7 Å². The number of urea groups is 1. The molecule has 0 aliphatic carbocycles. The van der Waals surface area contributed by atoms with Gasteiger partial charge in [-0.15, -0.1) is 0 Å². The van der Waals surface area contributed by atoms with Crippen LogP contribution in [0.3, 0.4) is 0 Å². The lowest BCUT2D eigenvalue weighted by atomic mass is 10.1. The van der Waals surface area contributed by atoms with Crippen LogP contribution in [-0.2, 0) is 9.53 Å². The molecule has 0 aliphatic rings. The van der Waals surface area contributed by atoms with Gasteiger partial charge in [-0.05, 0) is 11.8 Å². The molecule has 0 radical (unpaired) electrons. The number of carbonyl (C=O) groups is 2. The Morgan fingerprint density at radius 3 is 2.21 bits per heavy atom. The monoisotopic (exact) mass is 274 g/mol. The SMILES string of the molecule is COCCN(CC(C)C)C(=O)N[C@H](C(=O)O)C(C)C. The van der Waals surface area contributed by atoms with Crippen molar-refractivity contribution in [3.8, 4) is 0 Å². The zero-order chi connectivity index (χ0) is 15.0. The number of nitrogens with one attached hydrogen (secondary N) is 1. The number of amides is 2. The first kappa shape index (κ1) is 17.7. The second-order valence-corrected chi connectivity index (χ2v) is 5.34. The summed E-state index contributed by atoms with van der Waals surface area (Å²) in [5.74, 6) is -0.866. The van der Waals surface area contributed by atoms with Crippen molar-refractivity contribution in [2.45, 2.75) is 33.7 Å². The first-order valence-electron chi connectivity index (χ1n) is 6.56. The number of methoxy groups -OCH3 is 1. The maximum Gasteiger partial charge on any atom is 0.326 e. The molecule has 0 aliphatic heterocycles. The van der Waals surface area contributed by atoms with Crippen LogP contribution in [0.25, 0.3) is 0 Å². The molecule has 0 aromatic carbocycles. The van der Waals surface area contributed by atoms with Crippen LogP contribution in [0.2, 0.25) is 0 Å². The summed E-state index contributed by atoms with van der Waals surface area (Å²) < 4.78 is 4.97. The first-order valence-corrected chi connectivity index (χ1v) is 6.56. The Kier molecular flexibility index (Phi) is 8.14. The lowest BCUT2D eigenvalue weighted by Crippen LogP contribution is -2.51. The summed E-state index contributed by atoms with van der Waals surface area (Å²) in [5, 5.41) is 11.6. The van der Waals surface area contributed by atoms with Gasteiger partial charge in [-0.2, -0.15) is 0 Å². The van der Waals surface area contributed by atoms with Crippen molar-refractivity contribution in [3.05, 3.63) is 0 Å². The zero-order valence-corrected chi connectivity index (χ0v) is 12.5. The van der Waals surface area contributed by atoms with Gasteiger partial charge in [0.05, 0.1) is 6.61 Å². The average Bonchev–Trinajstić information content (AvgIpc) is 2.29. The molecule has 0 aromatic heterocycles. The average molecular weight is 274 g/mol. The van der Waals surface area contributed by atoms with Crippen LogP contribution in [0.15, 0.2) is 0 Å². The van der Waals surface area contributed by atoms with E-state index >= 15 is 0 Å². The molecule has 0 unspecified atom stereocenters. The summed E-state index contributed by atoms with van der Waals surface area (Å²) in [7, 11) is 1.57. The highest BCUT2D eigenvalue weighted by Gasteiger charge is 2.26. The zero-order valence-electron chi connectivity index (χ0n) is 12.5. The Morgan fingerprint density at radius 2 is 1.84 bits per heavy atom. The van der Waals surface area contributed by atoms with Gasteiger partial charge in [0, 0.05) is 20.2 Å². The van der Waals surface area contributed by atoms with Crippen LogP contribution in [0, 0.1) is 11.8 Å². The number of rotatable bonds is 8. The van der Waals surface area contributed by atoms with E-state index in [9.17, 15) is 9.59 Å². The summed E-state index contributed by atoms with van der Waals surface area (Å²) in [6.07, 6.45) is 0. The number of hydrogen-bond donors (Lipinski definition) is 2. The highest BCUT2D eigenvalue weighted by Crippen LogP contribution is 2.05. The molecule has 0 fully saturated rings. The minimum absolute atomic E-state index is 0.162. The predicted molar refractivity (Wildman–Crippen MR) is 73.1 cm³/mol. The van der Waals surface area contributed by atoms with E-state index in [2.05, 4.69) is 5.32 Å². The summed E-state index contributed by atoms with van der Waals surface area (Å²) in [6, 6.07) is -1.23. The molecule has 2 N–H and O–H groups in total. The molecular weight excluding hydrogens is 248 g/mol. The summed E-state index contributed by atoms with van der Waals surface area (Å²) >= 11 is 0. The molecule has 0 aromatic rings. The van der Waals surface area contributed by atoms with Crippen molar-refractivity contribution in [1.29, 1.82) is 0 Å². The quantitative estimate of drug-likeness (QED) is 0.701. The lowest BCUT2D eigenvalue weighted by molar-refractivity contribution is -0.140. The van der Waals surface area contributed by atoms with Crippen molar-refractivity contribution in [1.82, 2.24) is 10.2 Å². The molecule has 19 heavy (non-hydrogen) atoms. The highest BCUT2D eigenvalue weighted by molar-refractivity contribution is 5.82. The van der Waals surface area contributed by atoms with Gasteiger partial charge in [0.15, 0.2) is 0 Å². The second kappa shape index (κ2) is 8.74. The second-order valence-electron chi connectivity index (χ2n) is 5.34. The standard InChI is InChI=1S/C13H26N2O4/c1-9(2)8-15(6-7-19-5)13(18)14-11(10(3)4)12(16)17/h9-11H,6-8H2,1-5H3,(H,14,18)(H,16,17)/t11-/m0/s1. The minimum Gasteiger partial charge on any atom is -0.480 e. The maximum atomic E-state index is 12.1. The third kappa shape index (κ3) is 7.00. The van der Waals surface area contributed by atoms with Gasteiger partial charge >= 0.3 is 12.0 Å². The van der Waals surface area contributed by atoms with E-state index in [-0.39, 0.29) is 11.9 Å². The Labute approximate surface area is 115 Å². The largest absolute Gasteiger partial charge is 0.480 e. The summed E-state index contributed by atoms with van der Waals surface area (Å²) in [6.45, 7) is 8.99. The van der Waals surface area contributed by atoms with Gasteiger partial charge in [0.1, 0.15) is 6.04 Å². The third-order valence-electron chi connectivity index (χ3n) is 2.65. The van der Waals surface area contributed by atoms with E-state index in [1.54, 1.807) is 25.9 Å². The fraction of sp³-hybridized carbons (Fsp3) is 0.846. The first-order chi connectivity index (χ1) is 8.79. The molecule has 0 spiro atoms. The molecule has 1 atom stereocenters. The summed E-state index contributed by atoms with van der Waals surface area (Å²) in [4.78, 5) is 24.8. The number of carbonyl (C=O) groups excluding carboxylic acids is 1. The van der Waals surface area contributed by atoms with Gasteiger partial charge in [-0.25, -0.2) is 9.59 Å². The fourth-order valence-electron chi connectivity index (χ4n) is 1.66. The van der Waals surface area contributed by atoms with Crippen molar-refractivity contribution in [3.63, 3.8) is 0 Å². The topological polar surface area (TPSA) is 78.9 Å². The third-order valence-corrected chi connectivity index (χ3v) is 2.65. The van der Waals surface area contributed by atoms with E-state index in [0.29, 0.717) is 25.6 Å².